The molecule has 2 atom stereocenters. The fraction of sp³-hybridized carbons (Fsp3) is 0.917. The van der Waals surface area contributed by atoms with Crippen molar-refractivity contribution in [1.29, 1.82) is 5.26 Å². The van der Waals surface area contributed by atoms with Crippen LogP contribution in [0.3, 0.4) is 0 Å². The summed E-state index contributed by atoms with van der Waals surface area (Å²) in [4.78, 5) is 2.47. The first-order chi connectivity index (χ1) is 7.21. The van der Waals surface area contributed by atoms with Gasteiger partial charge in [0.05, 0.1) is 6.07 Å². The van der Waals surface area contributed by atoms with Crippen molar-refractivity contribution < 1.29 is 0 Å². The Kier molecular flexibility index (Phi) is 4.56. The van der Waals surface area contributed by atoms with Crippen molar-refractivity contribution in [1.82, 2.24) is 10.2 Å². The summed E-state index contributed by atoms with van der Waals surface area (Å²) >= 11 is 0. The molecule has 1 aliphatic carbocycles. The first kappa shape index (κ1) is 12.5. The Bertz CT molecular complexity index is 230. The Balaban J connectivity index is 2.67. The summed E-state index contributed by atoms with van der Waals surface area (Å²) in [6, 6.07) is 3.05. The topological polar surface area (TPSA) is 39.1 Å². The lowest BCUT2D eigenvalue weighted by molar-refractivity contribution is 0.134. The van der Waals surface area contributed by atoms with E-state index >= 15 is 0 Å². The molecule has 0 amide bonds. The summed E-state index contributed by atoms with van der Waals surface area (Å²) in [7, 11) is 1.91. The minimum Gasteiger partial charge on any atom is -0.302 e. The molecule has 2 unspecified atom stereocenters. The van der Waals surface area contributed by atoms with Crippen LogP contribution in [0.2, 0.25) is 0 Å². The zero-order chi connectivity index (χ0) is 11.3. The molecule has 0 aromatic carbocycles. The van der Waals surface area contributed by atoms with Gasteiger partial charge >= 0.3 is 0 Å². The fourth-order valence-corrected chi connectivity index (χ4v) is 2.68. The van der Waals surface area contributed by atoms with E-state index in [1.807, 2.05) is 7.05 Å². The highest BCUT2D eigenvalue weighted by atomic mass is 15.2. The predicted molar refractivity (Wildman–Crippen MR) is 62.6 cm³/mol. The van der Waals surface area contributed by atoms with Crippen molar-refractivity contribution in [2.45, 2.75) is 51.1 Å². The van der Waals surface area contributed by atoms with Crippen LogP contribution in [0.1, 0.15) is 39.5 Å². The normalized spacial score (nSPS) is 31.5. The van der Waals surface area contributed by atoms with Gasteiger partial charge in [0.25, 0.3) is 0 Å². The van der Waals surface area contributed by atoms with E-state index in [-0.39, 0.29) is 5.54 Å². The Morgan fingerprint density at radius 3 is 2.60 bits per heavy atom. The van der Waals surface area contributed by atoms with E-state index in [4.69, 9.17) is 0 Å². The Morgan fingerprint density at radius 2 is 2.13 bits per heavy atom. The highest BCUT2D eigenvalue weighted by Crippen LogP contribution is 2.30. The molecule has 3 nitrogen and oxygen atoms in total. The van der Waals surface area contributed by atoms with Crippen molar-refractivity contribution in [3.63, 3.8) is 0 Å². The molecule has 1 fully saturated rings. The summed E-state index contributed by atoms with van der Waals surface area (Å²) in [5.41, 5.74) is -0.272. The average Bonchev–Trinajstić information content (AvgIpc) is 2.31. The lowest BCUT2D eigenvalue weighted by Gasteiger charge is -2.40. The maximum absolute atomic E-state index is 9.26. The lowest BCUT2D eigenvalue weighted by Crippen LogP contribution is -2.51. The van der Waals surface area contributed by atoms with E-state index < -0.39 is 0 Å². The quantitative estimate of drug-likeness (QED) is 0.766. The standard InChI is InChI=1S/C12H23N3/c1-4-15(5-2)11-7-6-8-12(9-11,10-13)14-3/h11,14H,4-9H2,1-3H3. The average molecular weight is 209 g/mol. The second-order valence-corrected chi connectivity index (χ2v) is 4.42. The molecule has 0 spiro atoms. The summed E-state index contributed by atoms with van der Waals surface area (Å²) < 4.78 is 0. The molecule has 1 rings (SSSR count). The monoisotopic (exact) mass is 209 g/mol. The molecular formula is C12H23N3. The molecule has 0 aromatic heterocycles. The maximum Gasteiger partial charge on any atom is 0.108 e. The first-order valence-electron chi connectivity index (χ1n) is 6.05. The molecule has 0 saturated heterocycles. The maximum atomic E-state index is 9.26. The first-order valence-corrected chi connectivity index (χ1v) is 6.05. The van der Waals surface area contributed by atoms with Crippen LogP contribution in [-0.4, -0.2) is 36.6 Å². The van der Waals surface area contributed by atoms with Crippen molar-refractivity contribution in [3.05, 3.63) is 0 Å². The summed E-state index contributed by atoms with van der Waals surface area (Å²) in [5.74, 6) is 0. The van der Waals surface area contributed by atoms with Gasteiger partial charge in [-0.3, -0.25) is 0 Å². The van der Waals surface area contributed by atoms with E-state index in [0.29, 0.717) is 6.04 Å². The van der Waals surface area contributed by atoms with Gasteiger partial charge < -0.3 is 10.2 Å². The van der Waals surface area contributed by atoms with Gasteiger partial charge in [0.1, 0.15) is 5.54 Å². The van der Waals surface area contributed by atoms with Crippen LogP contribution in [0.15, 0.2) is 0 Å². The molecule has 3 heteroatoms. The zero-order valence-electron chi connectivity index (χ0n) is 10.2. The number of nitrogens with zero attached hydrogens (tertiary/aromatic N) is 2. The molecule has 15 heavy (non-hydrogen) atoms. The molecule has 0 bridgehead atoms. The van der Waals surface area contributed by atoms with E-state index in [1.54, 1.807) is 0 Å². The Labute approximate surface area is 93.5 Å². The van der Waals surface area contributed by atoms with E-state index in [2.05, 4.69) is 30.1 Å². The lowest BCUT2D eigenvalue weighted by atomic mass is 9.79. The SMILES string of the molecule is CCN(CC)C1CCCC(C#N)(NC)C1. The third kappa shape index (κ3) is 2.70. The molecule has 1 saturated carbocycles. The molecular weight excluding hydrogens is 186 g/mol. The minimum atomic E-state index is -0.272. The van der Waals surface area contributed by atoms with E-state index in [9.17, 15) is 5.26 Å². The molecule has 0 aliphatic heterocycles. The van der Waals surface area contributed by atoms with Crippen molar-refractivity contribution in [2.24, 2.45) is 0 Å². The number of nitriles is 1. The van der Waals surface area contributed by atoms with Crippen molar-refractivity contribution in [2.75, 3.05) is 20.1 Å². The highest BCUT2D eigenvalue weighted by Gasteiger charge is 2.36. The van der Waals surface area contributed by atoms with Crippen LogP contribution in [0, 0.1) is 11.3 Å². The van der Waals surface area contributed by atoms with Crippen LogP contribution in [0.25, 0.3) is 0 Å². The molecule has 0 aromatic rings. The molecule has 1 N–H and O–H groups in total. The van der Waals surface area contributed by atoms with Gasteiger partial charge in [-0.2, -0.15) is 5.26 Å². The van der Waals surface area contributed by atoms with Gasteiger partial charge in [0.15, 0.2) is 0 Å². The summed E-state index contributed by atoms with van der Waals surface area (Å²) in [6.07, 6.45) is 4.38. The minimum absolute atomic E-state index is 0.272. The Hall–Kier alpha value is -0.590. The van der Waals surface area contributed by atoms with Crippen molar-refractivity contribution in [3.8, 4) is 6.07 Å². The zero-order valence-corrected chi connectivity index (χ0v) is 10.2. The second kappa shape index (κ2) is 5.48. The predicted octanol–water partition coefficient (Wildman–Crippen LogP) is 1.75. The number of rotatable bonds is 4. The van der Waals surface area contributed by atoms with Gasteiger partial charge in [-0.1, -0.05) is 13.8 Å². The van der Waals surface area contributed by atoms with Gasteiger partial charge in [0, 0.05) is 6.04 Å². The van der Waals surface area contributed by atoms with Crippen LogP contribution < -0.4 is 5.32 Å². The van der Waals surface area contributed by atoms with Gasteiger partial charge in [-0.15, -0.1) is 0 Å². The van der Waals surface area contributed by atoms with Gasteiger partial charge in [0.2, 0.25) is 0 Å². The van der Waals surface area contributed by atoms with Crippen LogP contribution in [-0.2, 0) is 0 Å². The van der Waals surface area contributed by atoms with Crippen LogP contribution in [0.5, 0.6) is 0 Å². The summed E-state index contributed by atoms with van der Waals surface area (Å²) in [6.45, 7) is 6.58. The third-order valence-corrected chi connectivity index (χ3v) is 3.75. The number of hydrogen-bond donors (Lipinski definition) is 1. The van der Waals surface area contributed by atoms with E-state index in [1.165, 1.54) is 6.42 Å². The second-order valence-electron chi connectivity index (χ2n) is 4.42. The third-order valence-electron chi connectivity index (χ3n) is 3.75. The number of nitrogens with one attached hydrogen (secondary N) is 1. The molecule has 86 valence electrons. The smallest absolute Gasteiger partial charge is 0.108 e. The molecule has 0 radical (unpaired) electrons. The van der Waals surface area contributed by atoms with Gasteiger partial charge in [-0.25, -0.2) is 0 Å². The van der Waals surface area contributed by atoms with Crippen LogP contribution >= 0.6 is 0 Å². The van der Waals surface area contributed by atoms with Crippen molar-refractivity contribution >= 4 is 0 Å². The van der Waals surface area contributed by atoms with Gasteiger partial charge in [-0.05, 0) is 45.8 Å². The largest absolute Gasteiger partial charge is 0.302 e. The fourth-order valence-electron chi connectivity index (χ4n) is 2.68. The van der Waals surface area contributed by atoms with Crippen LogP contribution in [0.4, 0.5) is 0 Å². The Morgan fingerprint density at radius 1 is 1.47 bits per heavy atom. The molecule has 0 heterocycles. The van der Waals surface area contributed by atoms with E-state index in [0.717, 1.165) is 32.4 Å². The highest BCUT2D eigenvalue weighted by molar-refractivity contribution is 5.10. The summed E-state index contributed by atoms with van der Waals surface area (Å²) in [5, 5.41) is 12.5. The number of hydrogen-bond acceptors (Lipinski definition) is 3. The molecule has 1 aliphatic rings.